The van der Waals surface area contributed by atoms with Crippen molar-refractivity contribution in [3.63, 3.8) is 0 Å². The third-order valence-electron chi connectivity index (χ3n) is 4.01. The molecule has 1 unspecified atom stereocenters. The minimum absolute atomic E-state index is 0.0141. The van der Waals surface area contributed by atoms with Gasteiger partial charge in [-0.15, -0.1) is 0 Å². The van der Waals surface area contributed by atoms with Gasteiger partial charge in [0.15, 0.2) is 0 Å². The number of nitrogens with zero attached hydrogens (tertiary/aromatic N) is 1. The Morgan fingerprint density at radius 2 is 1.76 bits per heavy atom. The Morgan fingerprint density at radius 3 is 2.38 bits per heavy atom. The summed E-state index contributed by atoms with van der Waals surface area (Å²) in [5, 5.41) is 3.93. The fourth-order valence-corrected chi connectivity index (χ4v) is 3.11. The molecule has 5 heteroatoms. The first-order valence-electron chi connectivity index (χ1n) is 7.58. The van der Waals surface area contributed by atoms with Gasteiger partial charge in [0.1, 0.15) is 0 Å². The quantitative estimate of drug-likeness (QED) is 0.880. The molecule has 0 saturated carbocycles. The molecule has 1 aliphatic rings. The number of hydrogen-bond acceptors (Lipinski definition) is 2. The maximum absolute atomic E-state index is 12.4. The van der Waals surface area contributed by atoms with Gasteiger partial charge in [0.05, 0.1) is 16.8 Å². The molecule has 0 aliphatic carbocycles. The highest BCUT2D eigenvalue weighted by Gasteiger charge is 2.22. The van der Waals surface area contributed by atoms with Crippen molar-refractivity contribution in [2.75, 3.05) is 18.4 Å². The highest BCUT2D eigenvalue weighted by Crippen LogP contribution is 2.25. The van der Waals surface area contributed by atoms with Crippen molar-refractivity contribution < 1.29 is 4.79 Å². The van der Waals surface area contributed by atoms with Gasteiger partial charge in [-0.25, -0.2) is 0 Å². The summed E-state index contributed by atoms with van der Waals surface area (Å²) in [6.07, 6.45) is 6.16. The van der Waals surface area contributed by atoms with Crippen molar-refractivity contribution in [1.29, 1.82) is 0 Å². The summed E-state index contributed by atoms with van der Waals surface area (Å²) < 4.78 is 0. The first kappa shape index (κ1) is 16.6. The lowest BCUT2D eigenvalue weighted by molar-refractivity contribution is -0.120. The standard InChI is InChI=1S/C16H22Cl2N2O/c1-12(20-9-5-3-2-4-6-10-20)16(21)19-15-8-7-13(17)11-14(15)18/h7-8,11-12H,2-6,9-10H2,1H3,(H,19,21). The molecule has 1 saturated heterocycles. The van der Waals surface area contributed by atoms with E-state index in [1.807, 2.05) is 6.92 Å². The van der Waals surface area contributed by atoms with E-state index in [9.17, 15) is 4.79 Å². The topological polar surface area (TPSA) is 32.3 Å². The highest BCUT2D eigenvalue weighted by atomic mass is 35.5. The van der Waals surface area contributed by atoms with E-state index < -0.39 is 0 Å². The van der Waals surface area contributed by atoms with E-state index in [0.717, 1.165) is 13.1 Å². The van der Waals surface area contributed by atoms with Crippen LogP contribution in [0.1, 0.15) is 39.0 Å². The zero-order chi connectivity index (χ0) is 15.2. The number of anilines is 1. The maximum atomic E-state index is 12.4. The van der Waals surface area contributed by atoms with Crippen LogP contribution in [0.3, 0.4) is 0 Å². The molecule has 1 amide bonds. The average molecular weight is 329 g/mol. The normalized spacial score (nSPS) is 18.6. The molecule has 21 heavy (non-hydrogen) atoms. The van der Waals surface area contributed by atoms with Gasteiger partial charge in [0.25, 0.3) is 0 Å². The van der Waals surface area contributed by atoms with Crippen LogP contribution in [0.5, 0.6) is 0 Å². The molecule has 2 rings (SSSR count). The summed E-state index contributed by atoms with van der Waals surface area (Å²) in [5.74, 6) is -0.0141. The number of carbonyl (C=O) groups excluding carboxylic acids is 1. The van der Waals surface area contributed by atoms with E-state index in [-0.39, 0.29) is 11.9 Å². The molecule has 1 aliphatic heterocycles. The van der Waals surface area contributed by atoms with Gasteiger partial charge in [-0.2, -0.15) is 0 Å². The van der Waals surface area contributed by atoms with Crippen molar-refractivity contribution in [2.24, 2.45) is 0 Å². The minimum Gasteiger partial charge on any atom is -0.323 e. The molecule has 1 fully saturated rings. The lowest BCUT2D eigenvalue weighted by Gasteiger charge is -2.29. The molecule has 0 aromatic heterocycles. The summed E-state index contributed by atoms with van der Waals surface area (Å²) in [5.41, 5.74) is 0.616. The van der Waals surface area contributed by atoms with E-state index in [0.29, 0.717) is 15.7 Å². The van der Waals surface area contributed by atoms with E-state index in [1.54, 1.807) is 18.2 Å². The van der Waals surface area contributed by atoms with Crippen molar-refractivity contribution in [3.8, 4) is 0 Å². The fourth-order valence-electron chi connectivity index (χ4n) is 2.65. The van der Waals surface area contributed by atoms with Gasteiger partial charge in [-0.1, -0.05) is 42.5 Å². The Balaban J connectivity index is 1.97. The van der Waals surface area contributed by atoms with Crippen LogP contribution >= 0.6 is 23.2 Å². The second-order valence-corrected chi connectivity index (χ2v) is 6.44. The Hall–Kier alpha value is -0.770. The van der Waals surface area contributed by atoms with Gasteiger partial charge in [0, 0.05) is 5.02 Å². The zero-order valence-electron chi connectivity index (χ0n) is 12.4. The number of halogens is 2. The monoisotopic (exact) mass is 328 g/mol. The molecular formula is C16H22Cl2N2O. The molecule has 1 aromatic rings. The lowest BCUT2D eigenvalue weighted by Crippen LogP contribution is -2.43. The minimum atomic E-state index is -0.144. The van der Waals surface area contributed by atoms with Gasteiger partial charge in [-0.05, 0) is 51.1 Å². The molecule has 1 heterocycles. The Labute approximate surface area is 136 Å². The van der Waals surface area contributed by atoms with Gasteiger partial charge < -0.3 is 5.32 Å². The molecule has 1 N–H and O–H groups in total. The third-order valence-corrected chi connectivity index (χ3v) is 4.55. The molecule has 3 nitrogen and oxygen atoms in total. The summed E-state index contributed by atoms with van der Waals surface area (Å²) >= 11 is 12.0. The lowest BCUT2D eigenvalue weighted by atomic mass is 10.1. The molecule has 1 atom stereocenters. The SMILES string of the molecule is CC(C(=O)Nc1ccc(Cl)cc1Cl)N1CCCCCCC1. The zero-order valence-corrected chi connectivity index (χ0v) is 13.9. The second kappa shape index (κ2) is 8.02. The fraction of sp³-hybridized carbons (Fsp3) is 0.562. The van der Waals surface area contributed by atoms with Crippen LogP contribution in [0.25, 0.3) is 0 Å². The van der Waals surface area contributed by atoms with Crippen LogP contribution < -0.4 is 5.32 Å². The molecule has 0 bridgehead atoms. The van der Waals surface area contributed by atoms with Crippen LogP contribution in [0, 0.1) is 0 Å². The molecule has 0 radical (unpaired) electrons. The average Bonchev–Trinajstić information content (AvgIpc) is 2.41. The number of likely N-dealkylation sites (tertiary alicyclic amines) is 1. The van der Waals surface area contributed by atoms with Crippen LogP contribution in [-0.4, -0.2) is 29.9 Å². The summed E-state index contributed by atoms with van der Waals surface area (Å²) in [4.78, 5) is 14.7. The summed E-state index contributed by atoms with van der Waals surface area (Å²) in [7, 11) is 0. The predicted molar refractivity (Wildman–Crippen MR) is 89.2 cm³/mol. The van der Waals surface area contributed by atoms with Crippen molar-refractivity contribution >= 4 is 34.8 Å². The van der Waals surface area contributed by atoms with Crippen molar-refractivity contribution in [1.82, 2.24) is 4.90 Å². The smallest absolute Gasteiger partial charge is 0.241 e. The number of hydrogen-bond donors (Lipinski definition) is 1. The largest absolute Gasteiger partial charge is 0.323 e. The Morgan fingerprint density at radius 1 is 1.14 bits per heavy atom. The van der Waals surface area contributed by atoms with Crippen molar-refractivity contribution in [3.05, 3.63) is 28.2 Å². The maximum Gasteiger partial charge on any atom is 0.241 e. The van der Waals surface area contributed by atoms with Gasteiger partial charge in [-0.3, -0.25) is 9.69 Å². The first-order valence-corrected chi connectivity index (χ1v) is 8.33. The number of amides is 1. The van der Waals surface area contributed by atoms with Crippen LogP contribution in [-0.2, 0) is 4.79 Å². The number of carbonyl (C=O) groups is 1. The number of rotatable bonds is 3. The van der Waals surface area contributed by atoms with Crippen molar-refractivity contribution in [2.45, 2.75) is 45.1 Å². The second-order valence-electron chi connectivity index (χ2n) is 5.59. The number of nitrogens with one attached hydrogen (secondary N) is 1. The van der Waals surface area contributed by atoms with Crippen LogP contribution in [0.15, 0.2) is 18.2 Å². The van der Waals surface area contributed by atoms with E-state index in [1.165, 1.54) is 32.1 Å². The van der Waals surface area contributed by atoms with Crippen LogP contribution in [0.4, 0.5) is 5.69 Å². The van der Waals surface area contributed by atoms with Crippen LogP contribution in [0.2, 0.25) is 10.0 Å². The van der Waals surface area contributed by atoms with E-state index in [2.05, 4.69) is 10.2 Å². The molecule has 0 spiro atoms. The van der Waals surface area contributed by atoms with E-state index >= 15 is 0 Å². The predicted octanol–water partition coefficient (Wildman–Crippen LogP) is 4.59. The van der Waals surface area contributed by atoms with Gasteiger partial charge in [0.2, 0.25) is 5.91 Å². The Kier molecular flexibility index (Phi) is 6.34. The van der Waals surface area contributed by atoms with Gasteiger partial charge >= 0.3 is 0 Å². The molecular weight excluding hydrogens is 307 g/mol. The molecule has 1 aromatic carbocycles. The number of benzene rings is 1. The third kappa shape index (κ3) is 4.87. The first-order chi connectivity index (χ1) is 10.1. The van der Waals surface area contributed by atoms with E-state index in [4.69, 9.17) is 23.2 Å². The Bertz CT molecular complexity index is 485. The molecule has 116 valence electrons. The summed E-state index contributed by atoms with van der Waals surface area (Å²) in [6.45, 7) is 3.94. The highest BCUT2D eigenvalue weighted by molar-refractivity contribution is 6.36. The summed E-state index contributed by atoms with van der Waals surface area (Å²) in [6, 6.07) is 4.96.